The van der Waals surface area contributed by atoms with E-state index in [2.05, 4.69) is 10.3 Å². The van der Waals surface area contributed by atoms with Crippen molar-refractivity contribution in [3.8, 4) is 22.8 Å². The summed E-state index contributed by atoms with van der Waals surface area (Å²) in [5, 5.41) is 2.87. The molecule has 7 nitrogen and oxygen atoms in total. The Morgan fingerprint density at radius 3 is 2.31 bits per heavy atom. The van der Waals surface area contributed by atoms with Crippen molar-refractivity contribution in [3.05, 3.63) is 90.1 Å². The summed E-state index contributed by atoms with van der Waals surface area (Å²) in [6, 6.07) is 21.7. The number of aryl methyl sites for hydroxylation is 1. The third-order valence-electron chi connectivity index (χ3n) is 5.91. The molecule has 0 spiro atoms. The van der Waals surface area contributed by atoms with Crippen molar-refractivity contribution in [2.45, 2.75) is 26.2 Å². The van der Waals surface area contributed by atoms with Gasteiger partial charge in [0.25, 0.3) is 5.91 Å². The van der Waals surface area contributed by atoms with Crippen LogP contribution in [0.5, 0.6) is 0 Å². The van der Waals surface area contributed by atoms with Gasteiger partial charge in [0, 0.05) is 29.7 Å². The topological polar surface area (TPSA) is 92.5 Å². The maximum Gasteiger partial charge on any atom is 0.256 e. The van der Waals surface area contributed by atoms with E-state index in [4.69, 9.17) is 4.42 Å². The van der Waals surface area contributed by atoms with Crippen LogP contribution in [-0.4, -0.2) is 22.7 Å². The van der Waals surface area contributed by atoms with Gasteiger partial charge in [-0.2, -0.15) is 0 Å². The van der Waals surface area contributed by atoms with E-state index < -0.39 is 0 Å². The quantitative estimate of drug-likeness (QED) is 0.387. The predicted octanol–water partition coefficient (Wildman–Crippen LogP) is 5.61. The van der Waals surface area contributed by atoms with Crippen LogP contribution in [0.1, 0.15) is 35.2 Å². The maximum absolute atomic E-state index is 13.1. The molecule has 174 valence electrons. The largest absolute Gasteiger partial charge is 0.436 e. The van der Waals surface area contributed by atoms with Gasteiger partial charge in [0.05, 0.1) is 17.4 Å². The smallest absolute Gasteiger partial charge is 0.256 e. The van der Waals surface area contributed by atoms with Gasteiger partial charge in [-0.3, -0.25) is 19.3 Å². The normalized spacial score (nSPS) is 13.7. The lowest BCUT2D eigenvalue weighted by molar-refractivity contribution is -0.129. The molecule has 1 aromatic heterocycles. The van der Waals surface area contributed by atoms with Gasteiger partial charge < -0.3 is 9.73 Å². The molecule has 0 saturated carbocycles. The summed E-state index contributed by atoms with van der Waals surface area (Å²) in [5.74, 6) is 0.232. The summed E-state index contributed by atoms with van der Waals surface area (Å²) in [6.07, 6.45) is 2.94. The average molecular weight is 466 g/mol. The molecule has 0 atom stereocenters. The fraction of sp³-hybridized carbons (Fsp3) is 0.143. The van der Waals surface area contributed by atoms with Gasteiger partial charge in [-0.25, -0.2) is 4.98 Å². The molecule has 3 amide bonds. The SMILES string of the molecule is Cc1ccc(-c2cnc(-c3ccccc3C(=O)Nc3ccc(N4C(=O)CCCC4=O)cc3)o2)cc1. The Morgan fingerprint density at radius 1 is 0.914 bits per heavy atom. The zero-order valence-corrected chi connectivity index (χ0v) is 19.2. The van der Waals surface area contributed by atoms with Gasteiger partial charge >= 0.3 is 0 Å². The summed E-state index contributed by atoms with van der Waals surface area (Å²) >= 11 is 0. The number of aromatic nitrogens is 1. The van der Waals surface area contributed by atoms with Gasteiger partial charge in [0.15, 0.2) is 5.76 Å². The highest BCUT2D eigenvalue weighted by Crippen LogP contribution is 2.29. The number of imide groups is 1. The Bertz CT molecular complexity index is 1390. The lowest BCUT2D eigenvalue weighted by Crippen LogP contribution is -2.40. The number of hydrogen-bond acceptors (Lipinski definition) is 5. The number of amides is 3. The molecule has 1 aliphatic rings. The highest BCUT2D eigenvalue weighted by molar-refractivity contribution is 6.16. The molecule has 0 radical (unpaired) electrons. The summed E-state index contributed by atoms with van der Waals surface area (Å²) in [6.45, 7) is 2.02. The lowest BCUT2D eigenvalue weighted by Gasteiger charge is -2.25. The number of rotatable bonds is 5. The fourth-order valence-electron chi connectivity index (χ4n) is 4.05. The Labute approximate surface area is 202 Å². The standard InChI is InChI=1S/C28H23N3O4/c1-18-9-11-19(12-10-18)24-17-29-28(35-24)23-6-3-2-5-22(23)27(34)30-20-13-15-21(16-14-20)31-25(32)7-4-8-26(31)33/h2-3,5-6,9-17H,4,7-8H2,1H3,(H,30,34). The Balaban J connectivity index is 1.36. The minimum atomic E-state index is -0.325. The van der Waals surface area contributed by atoms with Gasteiger partial charge in [0.2, 0.25) is 17.7 Å². The van der Waals surface area contributed by atoms with Crippen LogP contribution in [0.25, 0.3) is 22.8 Å². The predicted molar refractivity (Wildman–Crippen MR) is 133 cm³/mol. The molecule has 2 heterocycles. The molecule has 0 aliphatic carbocycles. The third kappa shape index (κ3) is 4.61. The first kappa shape index (κ1) is 22.3. The summed E-state index contributed by atoms with van der Waals surface area (Å²) < 4.78 is 5.98. The second-order valence-electron chi connectivity index (χ2n) is 8.42. The van der Waals surface area contributed by atoms with E-state index in [1.807, 2.05) is 37.3 Å². The molecule has 1 fully saturated rings. The first-order valence-corrected chi connectivity index (χ1v) is 11.4. The van der Waals surface area contributed by atoms with E-state index in [0.29, 0.717) is 53.4 Å². The van der Waals surface area contributed by atoms with Crippen molar-refractivity contribution in [1.29, 1.82) is 0 Å². The van der Waals surface area contributed by atoms with Crippen LogP contribution < -0.4 is 10.2 Å². The Hall–Kier alpha value is -4.52. The van der Waals surface area contributed by atoms with E-state index in [1.165, 1.54) is 4.90 Å². The van der Waals surface area contributed by atoms with Gasteiger partial charge in [0.1, 0.15) is 0 Å². The van der Waals surface area contributed by atoms with Crippen LogP contribution in [-0.2, 0) is 9.59 Å². The number of piperidine rings is 1. The first-order chi connectivity index (χ1) is 17.0. The number of hydrogen-bond donors (Lipinski definition) is 1. The van der Waals surface area contributed by atoms with E-state index in [1.54, 1.807) is 48.7 Å². The fourth-order valence-corrected chi connectivity index (χ4v) is 4.05. The molecule has 35 heavy (non-hydrogen) atoms. The summed E-state index contributed by atoms with van der Waals surface area (Å²) in [4.78, 5) is 43.0. The number of anilines is 2. The summed E-state index contributed by atoms with van der Waals surface area (Å²) in [5.41, 5.74) is 4.08. The highest BCUT2D eigenvalue weighted by Gasteiger charge is 2.27. The van der Waals surface area contributed by atoms with Crippen molar-refractivity contribution in [1.82, 2.24) is 4.98 Å². The summed E-state index contributed by atoms with van der Waals surface area (Å²) in [7, 11) is 0. The van der Waals surface area contributed by atoms with Crippen LogP contribution >= 0.6 is 0 Å². The van der Waals surface area contributed by atoms with Crippen LogP contribution in [0.3, 0.4) is 0 Å². The van der Waals surface area contributed by atoms with E-state index in [9.17, 15) is 14.4 Å². The molecule has 1 saturated heterocycles. The molecule has 5 rings (SSSR count). The monoisotopic (exact) mass is 465 g/mol. The zero-order valence-electron chi connectivity index (χ0n) is 19.2. The third-order valence-corrected chi connectivity index (χ3v) is 5.91. The minimum absolute atomic E-state index is 0.206. The van der Waals surface area contributed by atoms with Gasteiger partial charge in [-0.1, -0.05) is 42.0 Å². The van der Waals surface area contributed by atoms with Crippen LogP contribution in [0.4, 0.5) is 11.4 Å². The second-order valence-corrected chi connectivity index (χ2v) is 8.42. The maximum atomic E-state index is 13.1. The Morgan fingerprint density at radius 2 is 1.60 bits per heavy atom. The second kappa shape index (κ2) is 9.38. The van der Waals surface area contributed by atoms with Gasteiger partial charge in [-0.05, 0) is 49.7 Å². The molecule has 0 bridgehead atoms. The van der Waals surface area contributed by atoms with Crippen molar-refractivity contribution in [2.24, 2.45) is 0 Å². The molecular weight excluding hydrogens is 442 g/mol. The molecule has 4 aromatic rings. The molecule has 1 N–H and O–H groups in total. The number of nitrogens with one attached hydrogen (secondary N) is 1. The van der Waals surface area contributed by atoms with E-state index in [-0.39, 0.29) is 17.7 Å². The van der Waals surface area contributed by atoms with E-state index in [0.717, 1.165) is 11.1 Å². The minimum Gasteiger partial charge on any atom is -0.436 e. The van der Waals surface area contributed by atoms with Crippen LogP contribution in [0.15, 0.2) is 83.4 Å². The van der Waals surface area contributed by atoms with Crippen molar-refractivity contribution >= 4 is 29.1 Å². The first-order valence-electron chi connectivity index (χ1n) is 11.4. The lowest BCUT2D eigenvalue weighted by atomic mass is 10.1. The molecular formula is C28H23N3O4. The number of nitrogens with zero attached hydrogens (tertiary/aromatic N) is 2. The molecule has 1 aliphatic heterocycles. The number of oxazole rings is 1. The molecule has 3 aromatic carbocycles. The zero-order chi connectivity index (χ0) is 24.4. The Kier molecular flexibility index (Phi) is 5.97. The van der Waals surface area contributed by atoms with Crippen LogP contribution in [0.2, 0.25) is 0 Å². The molecule has 7 heteroatoms. The van der Waals surface area contributed by atoms with E-state index >= 15 is 0 Å². The number of carbonyl (C=O) groups excluding carboxylic acids is 3. The molecule has 0 unspecified atom stereocenters. The van der Waals surface area contributed by atoms with Crippen molar-refractivity contribution in [3.63, 3.8) is 0 Å². The number of carbonyl (C=O) groups is 3. The average Bonchev–Trinajstić information content (AvgIpc) is 3.36. The highest BCUT2D eigenvalue weighted by atomic mass is 16.4. The van der Waals surface area contributed by atoms with Crippen molar-refractivity contribution in [2.75, 3.05) is 10.2 Å². The van der Waals surface area contributed by atoms with Crippen molar-refractivity contribution < 1.29 is 18.8 Å². The van der Waals surface area contributed by atoms with Crippen LogP contribution in [0, 0.1) is 6.92 Å². The van der Waals surface area contributed by atoms with Gasteiger partial charge in [-0.15, -0.1) is 0 Å². The number of benzene rings is 3.